The van der Waals surface area contributed by atoms with E-state index in [1.54, 1.807) is 0 Å². The zero-order valence-corrected chi connectivity index (χ0v) is 12.6. The van der Waals surface area contributed by atoms with E-state index in [1.165, 1.54) is 17.7 Å². The monoisotopic (exact) mass is 265 g/mol. The smallest absolute Gasteiger partial charge is 0.0666 e. The van der Waals surface area contributed by atoms with Gasteiger partial charge in [-0.2, -0.15) is 5.10 Å². The van der Waals surface area contributed by atoms with Crippen molar-refractivity contribution in [3.63, 3.8) is 0 Å². The van der Waals surface area contributed by atoms with Gasteiger partial charge in [0.25, 0.3) is 0 Å². The molecule has 1 aliphatic heterocycles. The minimum atomic E-state index is 0.423. The topological polar surface area (TPSA) is 39.1 Å². The second-order valence-electron chi connectivity index (χ2n) is 5.89. The van der Waals surface area contributed by atoms with Crippen molar-refractivity contribution >= 4 is 0 Å². The summed E-state index contributed by atoms with van der Waals surface area (Å²) >= 11 is 0. The molecule has 2 rings (SSSR count). The quantitative estimate of drug-likeness (QED) is 0.856. The van der Waals surface area contributed by atoms with Gasteiger partial charge in [-0.15, -0.1) is 0 Å². The highest BCUT2D eigenvalue weighted by Crippen LogP contribution is 2.26. The standard InChI is InChI=1S/C15H27N3O/c1-5-14-13(10-18(4)17-14)9-16-8-12-6-7-19-15(12)11(2)3/h10-12,15-16H,5-9H2,1-4H3/t12-,15-/m1/s1. The lowest BCUT2D eigenvalue weighted by atomic mass is 9.93. The average molecular weight is 265 g/mol. The van der Waals surface area contributed by atoms with Crippen molar-refractivity contribution in [3.05, 3.63) is 17.5 Å². The van der Waals surface area contributed by atoms with Gasteiger partial charge in [-0.05, 0) is 24.7 Å². The van der Waals surface area contributed by atoms with Gasteiger partial charge < -0.3 is 10.1 Å². The molecule has 0 aromatic carbocycles. The van der Waals surface area contributed by atoms with Crippen LogP contribution in [0.5, 0.6) is 0 Å². The van der Waals surface area contributed by atoms with E-state index in [1.807, 2.05) is 11.7 Å². The molecule has 1 fully saturated rings. The first-order valence-electron chi connectivity index (χ1n) is 7.45. The maximum Gasteiger partial charge on any atom is 0.0666 e. The van der Waals surface area contributed by atoms with Gasteiger partial charge >= 0.3 is 0 Å². The van der Waals surface area contributed by atoms with Gasteiger partial charge in [0, 0.05) is 38.5 Å². The van der Waals surface area contributed by atoms with Crippen molar-refractivity contribution in [2.75, 3.05) is 13.2 Å². The zero-order valence-electron chi connectivity index (χ0n) is 12.6. The fraction of sp³-hybridized carbons (Fsp3) is 0.800. The highest BCUT2D eigenvalue weighted by molar-refractivity contribution is 5.16. The van der Waals surface area contributed by atoms with Crippen LogP contribution in [0.2, 0.25) is 0 Å². The number of hydrogen-bond acceptors (Lipinski definition) is 3. The lowest BCUT2D eigenvalue weighted by Gasteiger charge is -2.22. The van der Waals surface area contributed by atoms with Gasteiger partial charge in [-0.3, -0.25) is 4.68 Å². The third kappa shape index (κ3) is 3.57. The molecular formula is C15H27N3O. The predicted octanol–water partition coefficient (Wildman–Crippen LogP) is 2.13. The number of aromatic nitrogens is 2. The summed E-state index contributed by atoms with van der Waals surface area (Å²) < 4.78 is 7.73. The van der Waals surface area contributed by atoms with Crippen LogP contribution in [0.1, 0.15) is 38.4 Å². The molecule has 1 N–H and O–H groups in total. The molecule has 1 aliphatic rings. The van der Waals surface area contributed by atoms with Crippen LogP contribution in [0.25, 0.3) is 0 Å². The van der Waals surface area contributed by atoms with Crippen LogP contribution in [-0.4, -0.2) is 29.0 Å². The first-order chi connectivity index (χ1) is 9.11. The van der Waals surface area contributed by atoms with Gasteiger partial charge in [0.05, 0.1) is 11.8 Å². The van der Waals surface area contributed by atoms with Crippen molar-refractivity contribution in [1.82, 2.24) is 15.1 Å². The molecule has 1 aromatic rings. The van der Waals surface area contributed by atoms with Crippen LogP contribution in [0, 0.1) is 11.8 Å². The van der Waals surface area contributed by atoms with Crippen LogP contribution in [0.4, 0.5) is 0 Å². The van der Waals surface area contributed by atoms with E-state index >= 15 is 0 Å². The van der Waals surface area contributed by atoms with E-state index in [2.05, 4.69) is 37.4 Å². The van der Waals surface area contributed by atoms with Crippen LogP contribution >= 0.6 is 0 Å². The summed E-state index contributed by atoms with van der Waals surface area (Å²) in [6.45, 7) is 9.53. The number of nitrogens with zero attached hydrogens (tertiary/aromatic N) is 2. The first-order valence-corrected chi connectivity index (χ1v) is 7.45. The molecule has 1 saturated heterocycles. The molecule has 2 heterocycles. The normalized spacial score (nSPS) is 23.4. The van der Waals surface area contributed by atoms with E-state index in [0.29, 0.717) is 17.9 Å². The number of rotatable bonds is 6. The molecule has 19 heavy (non-hydrogen) atoms. The zero-order chi connectivity index (χ0) is 13.8. The Morgan fingerprint density at radius 3 is 3.00 bits per heavy atom. The summed E-state index contributed by atoms with van der Waals surface area (Å²) in [7, 11) is 1.99. The Morgan fingerprint density at radius 1 is 1.53 bits per heavy atom. The fourth-order valence-electron chi connectivity index (χ4n) is 3.03. The first kappa shape index (κ1) is 14.5. The Kier molecular flexibility index (Phi) is 4.99. The number of nitrogens with one attached hydrogen (secondary N) is 1. The molecule has 0 saturated carbocycles. The molecule has 0 bridgehead atoms. The Bertz CT molecular complexity index is 400. The van der Waals surface area contributed by atoms with Crippen molar-refractivity contribution < 1.29 is 4.74 Å². The van der Waals surface area contributed by atoms with Crippen LogP contribution in [-0.2, 0) is 24.8 Å². The van der Waals surface area contributed by atoms with Crippen LogP contribution in [0.3, 0.4) is 0 Å². The fourth-order valence-corrected chi connectivity index (χ4v) is 3.03. The average Bonchev–Trinajstić information content (AvgIpc) is 2.96. The van der Waals surface area contributed by atoms with Crippen molar-refractivity contribution in [2.24, 2.45) is 18.9 Å². The molecule has 4 heteroatoms. The largest absolute Gasteiger partial charge is 0.378 e. The number of aryl methyl sites for hydroxylation is 2. The van der Waals surface area contributed by atoms with E-state index < -0.39 is 0 Å². The Balaban J connectivity index is 1.83. The summed E-state index contributed by atoms with van der Waals surface area (Å²) in [4.78, 5) is 0. The van der Waals surface area contributed by atoms with Crippen molar-refractivity contribution in [1.29, 1.82) is 0 Å². The second-order valence-corrected chi connectivity index (χ2v) is 5.89. The second kappa shape index (κ2) is 6.53. The molecule has 0 amide bonds. The third-order valence-electron chi connectivity index (χ3n) is 3.97. The molecule has 1 aromatic heterocycles. The molecule has 108 valence electrons. The van der Waals surface area contributed by atoms with E-state index in [9.17, 15) is 0 Å². The lowest BCUT2D eigenvalue weighted by Crippen LogP contribution is -2.31. The van der Waals surface area contributed by atoms with E-state index in [-0.39, 0.29) is 0 Å². The highest BCUT2D eigenvalue weighted by atomic mass is 16.5. The molecule has 2 atom stereocenters. The van der Waals surface area contributed by atoms with Gasteiger partial charge in [0.15, 0.2) is 0 Å². The van der Waals surface area contributed by atoms with Gasteiger partial charge in [-0.1, -0.05) is 20.8 Å². The summed E-state index contributed by atoms with van der Waals surface area (Å²) in [6, 6.07) is 0. The minimum Gasteiger partial charge on any atom is -0.378 e. The molecule has 0 radical (unpaired) electrons. The summed E-state index contributed by atoms with van der Waals surface area (Å²) in [5.74, 6) is 1.26. The summed E-state index contributed by atoms with van der Waals surface area (Å²) in [6.07, 6.45) is 4.73. The third-order valence-corrected chi connectivity index (χ3v) is 3.97. The maximum atomic E-state index is 5.82. The summed E-state index contributed by atoms with van der Waals surface area (Å²) in [5.41, 5.74) is 2.53. The van der Waals surface area contributed by atoms with Crippen molar-refractivity contribution in [3.8, 4) is 0 Å². The SMILES string of the molecule is CCc1nn(C)cc1CNC[C@H]1CCO[C@@H]1C(C)C. The molecule has 0 spiro atoms. The van der Waals surface area contributed by atoms with E-state index in [0.717, 1.165) is 26.1 Å². The predicted molar refractivity (Wildman–Crippen MR) is 77.0 cm³/mol. The molecule has 0 unspecified atom stereocenters. The minimum absolute atomic E-state index is 0.423. The van der Waals surface area contributed by atoms with E-state index in [4.69, 9.17) is 4.74 Å². The molecule has 4 nitrogen and oxygen atoms in total. The van der Waals surface area contributed by atoms with Gasteiger partial charge in [0.1, 0.15) is 0 Å². The van der Waals surface area contributed by atoms with Crippen molar-refractivity contribution in [2.45, 2.75) is 46.3 Å². The maximum absolute atomic E-state index is 5.82. The highest BCUT2D eigenvalue weighted by Gasteiger charge is 2.30. The summed E-state index contributed by atoms with van der Waals surface area (Å²) in [5, 5.41) is 8.06. The van der Waals surface area contributed by atoms with Gasteiger partial charge in [-0.25, -0.2) is 0 Å². The Labute approximate surface area is 116 Å². The molecular weight excluding hydrogens is 238 g/mol. The van der Waals surface area contributed by atoms with Gasteiger partial charge in [0.2, 0.25) is 0 Å². The Hall–Kier alpha value is -0.870. The lowest BCUT2D eigenvalue weighted by molar-refractivity contribution is 0.0539. The number of ether oxygens (including phenoxy) is 1. The van der Waals surface area contributed by atoms with Crippen LogP contribution in [0.15, 0.2) is 6.20 Å². The van der Waals surface area contributed by atoms with Crippen LogP contribution < -0.4 is 5.32 Å². The molecule has 0 aliphatic carbocycles. The number of hydrogen-bond donors (Lipinski definition) is 1. The Morgan fingerprint density at radius 2 is 2.32 bits per heavy atom.